The maximum Gasteiger partial charge on any atom is 0.224 e. The monoisotopic (exact) mass is 305 g/mol. The summed E-state index contributed by atoms with van der Waals surface area (Å²) in [7, 11) is 0. The largest absolute Gasteiger partial charge is 0.397 e. The van der Waals surface area contributed by atoms with E-state index < -0.39 is 0 Å². The van der Waals surface area contributed by atoms with E-state index in [0.717, 1.165) is 11.3 Å². The second-order valence-corrected chi connectivity index (χ2v) is 5.30. The summed E-state index contributed by atoms with van der Waals surface area (Å²) in [6, 6.07) is 7.63. The molecule has 0 saturated carbocycles. The number of nitrogens with one attached hydrogen (secondary N) is 2. The molecule has 4 N–H and O–H groups in total. The number of fused-ring (bicyclic) bond motifs is 1. The molecule has 0 spiro atoms. The highest BCUT2D eigenvalue weighted by Gasteiger charge is 2.17. The van der Waals surface area contributed by atoms with E-state index in [2.05, 4.69) is 10.6 Å². The zero-order valence-corrected chi connectivity index (χ0v) is 11.8. The van der Waals surface area contributed by atoms with E-state index in [1.807, 2.05) is 6.07 Å². The van der Waals surface area contributed by atoms with Gasteiger partial charge in [0.25, 0.3) is 0 Å². The molecular weight excluding hydrogens is 293 g/mol. The molecule has 21 heavy (non-hydrogen) atoms. The summed E-state index contributed by atoms with van der Waals surface area (Å²) in [5, 5.41) is 6.22. The molecule has 4 nitrogen and oxygen atoms in total. The van der Waals surface area contributed by atoms with Crippen molar-refractivity contribution in [1.82, 2.24) is 0 Å². The summed E-state index contributed by atoms with van der Waals surface area (Å²) in [5.74, 6) is -0.401. The van der Waals surface area contributed by atoms with Crippen LogP contribution in [-0.2, 0) is 11.2 Å². The highest BCUT2D eigenvalue weighted by atomic mass is 35.5. The van der Waals surface area contributed by atoms with Crippen molar-refractivity contribution in [3.63, 3.8) is 0 Å². The summed E-state index contributed by atoms with van der Waals surface area (Å²) in [5.41, 5.74) is 9.22. The fraction of sp³-hybridized carbons (Fsp3) is 0.133. The first-order valence-corrected chi connectivity index (χ1v) is 6.85. The van der Waals surface area contributed by atoms with E-state index in [0.29, 0.717) is 34.9 Å². The Kier molecular flexibility index (Phi) is 3.43. The van der Waals surface area contributed by atoms with E-state index in [1.54, 1.807) is 6.07 Å². The molecule has 2 aromatic carbocycles. The molecule has 0 aliphatic carbocycles. The third kappa shape index (κ3) is 2.78. The molecule has 3 rings (SSSR count). The van der Waals surface area contributed by atoms with Gasteiger partial charge < -0.3 is 16.4 Å². The molecule has 1 heterocycles. The minimum absolute atomic E-state index is 0.0178. The summed E-state index contributed by atoms with van der Waals surface area (Å²) in [6.45, 7) is 0. The molecule has 1 amide bonds. The van der Waals surface area contributed by atoms with Crippen molar-refractivity contribution in [2.24, 2.45) is 0 Å². The molecule has 1 aliphatic rings. The van der Waals surface area contributed by atoms with Gasteiger partial charge in [0, 0.05) is 12.1 Å². The number of hydrogen-bond acceptors (Lipinski definition) is 3. The first-order chi connectivity index (χ1) is 10.0. The quantitative estimate of drug-likeness (QED) is 0.741. The van der Waals surface area contributed by atoms with Gasteiger partial charge in [0.05, 0.1) is 22.1 Å². The second kappa shape index (κ2) is 5.26. The minimum atomic E-state index is -0.384. The van der Waals surface area contributed by atoms with Crippen LogP contribution in [0, 0.1) is 5.82 Å². The molecule has 2 aromatic rings. The second-order valence-electron chi connectivity index (χ2n) is 4.89. The van der Waals surface area contributed by atoms with Crippen molar-refractivity contribution in [2.45, 2.75) is 12.8 Å². The Labute approximate surface area is 126 Å². The normalized spacial score (nSPS) is 13.5. The van der Waals surface area contributed by atoms with Crippen molar-refractivity contribution < 1.29 is 9.18 Å². The van der Waals surface area contributed by atoms with E-state index in [-0.39, 0.29) is 11.7 Å². The van der Waals surface area contributed by atoms with Crippen molar-refractivity contribution in [3.8, 4) is 0 Å². The third-order valence-corrected chi connectivity index (χ3v) is 3.70. The number of halogens is 2. The summed E-state index contributed by atoms with van der Waals surface area (Å²) in [4.78, 5) is 11.4. The Morgan fingerprint density at radius 3 is 2.81 bits per heavy atom. The summed E-state index contributed by atoms with van der Waals surface area (Å²) >= 11 is 6.03. The van der Waals surface area contributed by atoms with E-state index in [1.165, 1.54) is 18.2 Å². The van der Waals surface area contributed by atoms with Crippen molar-refractivity contribution in [2.75, 3.05) is 16.4 Å². The average Bonchev–Trinajstić information content (AvgIpc) is 2.44. The molecule has 0 unspecified atom stereocenters. The zero-order chi connectivity index (χ0) is 15.0. The Morgan fingerprint density at radius 1 is 1.19 bits per heavy atom. The highest BCUT2D eigenvalue weighted by molar-refractivity contribution is 6.33. The van der Waals surface area contributed by atoms with Crippen LogP contribution in [-0.4, -0.2) is 5.91 Å². The minimum Gasteiger partial charge on any atom is -0.397 e. The number of carbonyl (C=O) groups excluding carboxylic acids is 1. The van der Waals surface area contributed by atoms with Crippen LogP contribution in [0.15, 0.2) is 30.3 Å². The molecule has 0 radical (unpaired) electrons. The Bertz CT molecular complexity index is 733. The van der Waals surface area contributed by atoms with Crippen LogP contribution in [0.4, 0.5) is 27.1 Å². The van der Waals surface area contributed by atoms with Gasteiger partial charge in [-0.1, -0.05) is 11.6 Å². The van der Waals surface area contributed by atoms with Crippen molar-refractivity contribution in [1.29, 1.82) is 0 Å². The number of amides is 1. The number of rotatable bonds is 2. The first-order valence-electron chi connectivity index (χ1n) is 6.47. The molecular formula is C15H13ClFN3O. The van der Waals surface area contributed by atoms with Gasteiger partial charge in [0.15, 0.2) is 0 Å². The van der Waals surface area contributed by atoms with Gasteiger partial charge in [-0.15, -0.1) is 0 Å². The number of carbonyl (C=O) groups is 1. The van der Waals surface area contributed by atoms with Crippen LogP contribution in [0.1, 0.15) is 12.0 Å². The average molecular weight is 306 g/mol. The Hall–Kier alpha value is -2.27. The number of hydrogen-bond donors (Lipinski definition) is 3. The van der Waals surface area contributed by atoms with Crippen molar-refractivity contribution in [3.05, 3.63) is 46.7 Å². The lowest BCUT2D eigenvalue weighted by Crippen LogP contribution is -2.19. The topological polar surface area (TPSA) is 67.1 Å². The van der Waals surface area contributed by atoms with Crippen LogP contribution in [0.3, 0.4) is 0 Å². The van der Waals surface area contributed by atoms with Crippen molar-refractivity contribution >= 4 is 40.3 Å². The number of benzene rings is 2. The molecule has 0 fully saturated rings. The van der Waals surface area contributed by atoms with Gasteiger partial charge >= 0.3 is 0 Å². The molecule has 1 aliphatic heterocycles. The lowest BCUT2D eigenvalue weighted by Gasteiger charge is -2.20. The first kappa shape index (κ1) is 13.7. The van der Waals surface area contributed by atoms with Crippen LogP contribution < -0.4 is 16.4 Å². The van der Waals surface area contributed by atoms with Gasteiger partial charge in [-0.2, -0.15) is 0 Å². The molecule has 108 valence electrons. The summed E-state index contributed by atoms with van der Waals surface area (Å²) < 4.78 is 13.3. The maximum atomic E-state index is 13.3. The van der Waals surface area contributed by atoms with E-state index >= 15 is 0 Å². The number of anilines is 4. The Morgan fingerprint density at radius 2 is 2.00 bits per heavy atom. The van der Waals surface area contributed by atoms with Crippen LogP contribution in [0.2, 0.25) is 5.02 Å². The smallest absolute Gasteiger partial charge is 0.224 e. The van der Waals surface area contributed by atoms with Crippen LogP contribution >= 0.6 is 11.6 Å². The van der Waals surface area contributed by atoms with E-state index in [9.17, 15) is 9.18 Å². The van der Waals surface area contributed by atoms with Gasteiger partial charge in [0.1, 0.15) is 5.82 Å². The molecule has 0 bridgehead atoms. The number of aryl methyl sites for hydroxylation is 1. The zero-order valence-electron chi connectivity index (χ0n) is 11.0. The SMILES string of the molecule is Nc1cc2c(cc1Nc1cc(F)ccc1Cl)CCC(=O)N2. The highest BCUT2D eigenvalue weighted by Crippen LogP contribution is 2.34. The fourth-order valence-corrected chi connectivity index (χ4v) is 2.46. The van der Waals surface area contributed by atoms with Gasteiger partial charge in [-0.3, -0.25) is 4.79 Å². The lowest BCUT2D eigenvalue weighted by molar-refractivity contribution is -0.116. The molecule has 6 heteroatoms. The number of nitrogens with two attached hydrogens (primary N) is 1. The number of nitrogen functional groups attached to an aromatic ring is 1. The Balaban J connectivity index is 1.96. The molecule has 0 atom stereocenters. The standard InChI is InChI=1S/C15H13ClFN3O/c16-10-3-2-9(17)6-13(10)19-14-5-8-1-4-15(21)20-12(8)7-11(14)18/h2-3,5-7,19H,1,4,18H2,(H,20,21). The predicted octanol–water partition coefficient (Wildman–Crippen LogP) is 3.69. The summed E-state index contributed by atoms with van der Waals surface area (Å²) in [6.07, 6.45) is 1.09. The fourth-order valence-electron chi connectivity index (χ4n) is 2.29. The van der Waals surface area contributed by atoms with Gasteiger partial charge in [-0.05, 0) is 42.3 Å². The lowest BCUT2D eigenvalue weighted by atomic mass is 10.0. The molecule has 0 aromatic heterocycles. The van der Waals surface area contributed by atoms with E-state index in [4.69, 9.17) is 17.3 Å². The van der Waals surface area contributed by atoms with Crippen LogP contribution in [0.5, 0.6) is 0 Å². The van der Waals surface area contributed by atoms with Crippen LogP contribution in [0.25, 0.3) is 0 Å². The predicted molar refractivity (Wildman–Crippen MR) is 82.5 cm³/mol. The van der Waals surface area contributed by atoms with Gasteiger partial charge in [0.2, 0.25) is 5.91 Å². The van der Waals surface area contributed by atoms with Gasteiger partial charge in [-0.25, -0.2) is 4.39 Å². The molecule has 0 saturated heterocycles. The maximum absolute atomic E-state index is 13.3. The third-order valence-electron chi connectivity index (χ3n) is 3.37.